The second kappa shape index (κ2) is 8.83. The van der Waals surface area contributed by atoms with Crippen molar-refractivity contribution in [2.24, 2.45) is 0 Å². The summed E-state index contributed by atoms with van der Waals surface area (Å²) >= 11 is 5.58. The molecule has 0 aromatic heterocycles. The van der Waals surface area contributed by atoms with E-state index in [0.29, 0.717) is 21.9 Å². The molecule has 1 atom stereocenters. The van der Waals surface area contributed by atoms with Crippen LogP contribution in [0.4, 0.5) is 18.9 Å². The van der Waals surface area contributed by atoms with Crippen molar-refractivity contribution in [2.75, 3.05) is 30.3 Å². The number of rotatable bonds is 6. The van der Waals surface area contributed by atoms with Crippen molar-refractivity contribution in [2.45, 2.75) is 12.3 Å². The first-order chi connectivity index (χ1) is 14.4. The first kappa shape index (κ1) is 23.0. The maximum absolute atomic E-state index is 13.1. The van der Waals surface area contributed by atoms with E-state index in [0.717, 1.165) is 18.4 Å². The molecule has 0 saturated heterocycles. The van der Waals surface area contributed by atoms with Gasteiger partial charge in [-0.25, -0.2) is 8.42 Å². The van der Waals surface area contributed by atoms with Crippen LogP contribution >= 0.6 is 11.6 Å². The summed E-state index contributed by atoms with van der Waals surface area (Å²) in [6, 6.07) is 9.59. The molecule has 1 aliphatic heterocycles. The van der Waals surface area contributed by atoms with Crippen LogP contribution in [0.3, 0.4) is 0 Å². The fraction of sp³-hybridized carbons (Fsp3) is 0.316. The van der Waals surface area contributed by atoms with Gasteiger partial charge in [-0.05, 0) is 30.3 Å². The van der Waals surface area contributed by atoms with Crippen molar-refractivity contribution in [3.63, 3.8) is 0 Å². The summed E-state index contributed by atoms with van der Waals surface area (Å²) in [7, 11) is -4.07. The Hall–Kier alpha value is -2.66. The average molecular weight is 479 g/mol. The van der Waals surface area contributed by atoms with Crippen LogP contribution in [0.25, 0.3) is 0 Å². The predicted molar refractivity (Wildman–Crippen MR) is 108 cm³/mol. The van der Waals surface area contributed by atoms with Crippen LogP contribution < -0.4 is 19.1 Å². The molecule has 168 valence electrons. The van der Waals surface area contributed by atoms with Crippen LogP contribution in [-0.2, 0) is 21.0 Å². The van der Waals surface area contributed by atoms with Gasteiger partial charge in [0.1, 0.15) is 19.3 Å². The van der Waals surface area contributed by atoms with Crippen LogP contribution in [-0.4, -0.2) is 46.4 Å². The van der Waals surface area contributed by atoms with E-state index >= 15 is 0 Å². The van der Waals surface area contributed by atoms with Gasteiger partial charge in [0, 0.05) is 0 Å². The number of para-hydroxylation sites is 2. The molecule has 0 saturated carbocycles. The van der Waals surface area contributed by atoms with Crippen molar-refractivity contribution in [3.05, 3.63) is 53.1 Å². The van der Waals surface area contributed by atoms with E-state index in [9.17, 15) is 26.4 Å². The minimum absolute atomic E-state index is 0.0131. The van der Waals surface area contributed by atoms with Gasteiger partial charge in [-0.3, -0.25) is 9.10 Å². The Kier molecular flexibility index (Phi) is 6.56. The number of halogens is 4. The molecule has 1 aliphatic rings. The van der Waals surface area contributed by atoms with Crippen LogP contribution in [0.1, 0.15) is 5.56 Å². The van der Waals surface area contributed by atoms with Gasteiger partial charge >= 0.3 is 6.18 Å². The lowest BCUT2D eigenvalue weighted by Gasteiger charge is -2.27. The molecule has 2 aromatic carbocycles. The third kappa shape index (κ3) is 5.73. The Bertz CT molecular complexity index is 1080. The number of ether oxygens (including phenoxy) is 2. The monoisotopic (exact) mass is 478 g/mol. The first-order valence-corrected chi connectivity index (χ1v) is 11.2. The van der Waals surface area contributed by atoms with Crippen LogP contribution in [0.2, 0.25) is 5.02 Å². The summed E-state index contributed by atoms with van der Waals surface area (Å²) in [5.41, 5.74) is -1.53. The summed E-state index contributed by atoms with van der Waals surface area (Å²) in [6.45, 7) is -0.541. The van der Waals surface area contributed by atoms with Gasteiger partial charge in [0.25, 0.3) is 0 Å². The number of nitrogens with one attached hydrogen (secondary N) is 1. The van der Waals surface area contributed by atoms with Crippen molar-refractivity contribution in [1.82, 2.24) is 5.32 Å². The molecule has 0 unspecified atom stereocenters. The number of amides is 1. The minimum Gasteiger partial charge on any atom is -0.486 e. The number of alkyl halides is 3. The molecule has 12 heteroatoms. The highest BCUT2D eigenvalue weighted by molar-refractivity contribution is 7.92. The lowest BCUT2D eigenvalue weighted by molar-refractivity contribution is -0.137. The predicted octanol–water partition coefficient (Wildman–Crippen LogP) is 3.08. The SMILES string of the molecule is CS(=O)(=O)N(CC(=O)NC[C@@H]1COc2ccccc2O1)c1ccc(Cl)c(C(F)(F)F)c1. The quantitative estimate of drug-likeness (QED) is 0.689. The molecule has 1 amide bonds. The number of hydrogen-bond donors (Lipinski definition) is 1. The standard InChI is InChI=1S/C19H18ClF3N2O5S/c1-31(27,28)25(12-6-7-15(20)14(8-12)19(21,22)23)10-18(26)24-9-13-11-29-16-4-2-3-5-17(16)30-13/h2-8,13H,9-11H2,1H3,(H,24,26)/t13-/m1/s1. The summed E-state index contributed by atoms with van der Waals surface area (Å²) in [5.74, 6) is 0.347. The molecular weight excluding hydrogens is 461 g/mol. The van der Waals surface area contributed by atoms with E-state index < -0.39 is 45.3 Å². The maximum Gasteiger partial charge on any atom is 0.417 e. The molecule has 1 N–H and O–H groups in total. The number of fused-ring (bicyclic) bond motifs is 1. The average Bonchev–Trinajstić information content (AvgIpc) is 2.69. The Morgan fingerprint density at radius 1 is 1.23 bits per heavy atom. The van der Waals surface area contributed by atoms with E-state index in [4.69, 9.17) is 21.1 Å². The third-order valence-corrected chi connectivity index (χ3v) is 5.80. The Morgan fingerprint density at radius 3 is 2.55 bits per heavy atom. The molecule has 2 aromatic rings. The molecule has 1 heterocycles. The molecule has 3 rings (SSSR count). The fourth-order valence-corrected chi connectivity index (χ4v) is 3.94. The van der Waals surface area contributed by atoms with E-state index in [2.05, 4.69) is 5.32 Å². The number of hydrogen-bond acceptors (Lipinski definition) is 5. The fourth-order valence-electron chi connectivity index (χ4n) is 2.86. The minimum atomic E-state index is -4.78. The van der Waals surface area contributed by atoms with Crippen molar-refractivity contribution in [3.8, 4) is 11.5 Å². The van der Waals surface area contributed by atoms with Crippen LogP contribution in [0, 0.1) is 0 Å². The zero-order chi connectivity index (χ0) is 22.8. The van der Waals surface area contributed by atoms with Gasteiger partial charge in [-0.1, -0.05) is 23.7 Å². The molecular formula is C19H18ClF3N2O5S. The zero-order valence-corrected chi connectivity index (χ0v) is 17.7. The summed E-state index contributed by atoms with van der Waals surface area (Å²) in [4.78, 5) is 12.3. The number of carbonyl (C=O) groups is 1. The number of benzene rings is 2. The van der Waals surface area contributed by atoms with Crippen molar-refractivity contribution < 1.29 is 35.9 Å². The highest BCUT2D eigenvalue weighted by atomic mass is 35.5. The normalized spacial score (nSPS) is 16.0. The molecule has 7 nitrogen and oxygen atoms in total. The molecule has 0 fully saturated rings. The van der Waals surface area contributed by atoms with Gasteiger partial charge in [0.05, 0.1) is 29.1 Å². The summed E-state index contributed by atoms with van der Waals surface area (Å²) < 4.78 is 75.5. The van der Waals surface area contributed by atoms with Crippen LogP contribution in [0.5, 0.6) is 11.5 Å². The van der Waals surface area contributed by atoms with Gasteiger partial charge in [-0.15, -0.1) is 0 Å². The number of carbonyl (C=O) groups excluding carboxylic acids is 1. The molecule has 0 spiro atoms. The Balaban J connectivity index is 1.69. The lowest BCUT2D eigenvalue weighted by atomic mass is 10.2. The zero-order valence-electron chi connectivity index (χ0n) is 16.1. The smallest absolute Gasteiger partial charge is 0.417 e. The van der Waals surface area contributed by atoms with E-state index in [1.807, 2.05) is 0 Å². The topological polar surface area (TPSA) is 84.9 Å². The molecule has 31 heavy (non-hydrogen) atoms. The summed E-state index contributed by atoms with van der Waals surface area (Å²) in [5, 5.41) is 1.93. The second-order valence-electron chi connectivity index (χ2n) is 6.73. The maximum atomic E-state index is 13.1. The van der Waals surface area contributed by atoms with Crippen molar-refractivity contribution >= 4 is 33.2 Å². The lowest BCUT2D eigenvalue weighted by Crippen LogP contribution is -2.45. The first-order valence-electron chi connectivity index (χ1n) is 8.95. The summed E-state index contributed by atoms with van der Waals surface area (Å²) in [6.07, 6.45) is -4.51. The largest absolute Gasteiger partial charge is 0.486 e. The van der Waals surface area contributed by atoms with Crippen molar-refractivity contribution in [1.29, 1.82) is 0 Å². The van der Waals surface area contributed by atoms with E-state index in [1.54, 1.807) is 24.3 Å². The van der Waals surface area contributed by atoms with Gasteiger partial charge in [0.2, 0.25) is 15.9 Å². The van der Waals surface area contributed by atoms with E-state index in [-0.39, 0.29) is 18.8 Å². The Labute approximate surface area is 181 Å². The third-order valence-electron chi connectivity index (χ3n) is 4.33. The number of nitrogens with zero attached hydrogens (tertiary/aromatic N) is 1. The Morgan fingerprint density at radius 2 is 1.90 bits per heavy atom. The number of sulfonamides is 1. The molecule has 0 radical (unpaired) electrons. The number of anilines is 1. The second-order valence-corrected chi connectivity index (χ2v) is 9.05. The highest BCUT2D eigenvalue weighted by Crippen LogP contribution is 2.37. The molecule has 0 aliphatic carbocycles. The van der Waals surface area contributed by atoms with E-state index in [1.165, 1.54) is 0 Å². The van der Waals surface area contributed by atoms with Gasteiger partial charge in [-0.2, -0.15) is 13.2 Å². The van der Waals surface area contributed by atoms with Gasteiger partial charge < -0.3 is 14.8 Å². The van der Waals surface area contributed by atoms with Gasteiger partial charge in [0.15, 0.2) is 11.5 Å². The molecule has 0 bridgehead atoms. The highest BCUT2D eigenvalue weighted by Gasteiger charge is 2.34. The van der Waals surface area contributed by atoms with Crippen LogP contribution in [0.15, 0.2) is 42.5 Å².